The van der Waals surface area contributed by atoms with Crippen molar-refractivity contribution in [3.8, 4) is 0 Å². The van der Waals surface area contributed by atoms with Crippen LogP contribution in [0, 0.1) is 0 Å². The van der Waals surface area contributed by atoms with Gasteiger partial charge >= 0.3 is 5.92 Å². The van der Waals surface area contributed by atoms with Crippen molar-refractivity contribution in [3.05, 3.63) is 35.4 Å². The molecule has 0 aliphatic heterocycles. The highest BCUT2D eigenvalue weighted by Crippen LogP contribution is 2.28. The summed E-state index contributed by atoms with van der Waals surface area (Å²) in [5, 5.41) is 13.0. The summed E-state index contributed by atoms with van der Waals surface area (Å²) >= 11 is 0. The number of nitrogens with one attached hydrogen (secondary N) is 1. The van der Waals surface area contributed by atoms with E-state index in [1.54, 1.807) is 0 Å². The highest BCUT2D eigenvalue weighted by molar-refractivity contribution is 5.97. The summed E-state index contributed by atoms with van der Waals surface area (Å²) < 4.78 is 26.9. The van der Waals surface area contributed by atoms with Gasteiger partial charge in [0.15, 0.2) is 5.84 Å². The average molecular weight is 243 g/mol. The first-order chi connectivity index (χ1) is 7.93. The van der Waals surface area contributed by atoms with Gasteiger partial charge < -0.3 is 16.3 Å². The number of benzene rings is 1. The van der Waals surface area contributed by atoms with Crippen molar-refractivity contribution in [3.63, 3.8) is 0 Å². The Labute approximate surface area is 95.9 Å². The third-order valence-electron chi connectivity index (χ3n) is 2.16. The summed E-state index contributed by atoms with van der Waals surface area (Å²) in [6, 6.07) is 4.56. The van der Waals surface area contributed by atoms with E-state index in [4.69, 9.17) is 10.9 Å². The largest absolute Gasteiger partial charge is 0.409 e. The van der Waals surface area contributed by atoms with Gasteiger partial charge in [-0.2, -0.15) is 8.78 Å². The maximum Gasteiger partial charge on any atom is 0.349 e. The van der Waals surface area contributed by atoms with Crippen LogP contribution in [0.2, 0.25) is 0 Å². The van der Waals surface area contributed by atoms with Crippen molar-refractivity contribution in [1.82, 2.24) is 5.32 Å². The molecule has 0 saturated carbocycles. The Bertz CT molecular complexity index is 443. The SMILES string of the molecule is CNC(=O)C(F)(F)c1ccc(/C(N)=N/O)cc1. The lowest BCUT2D eigenvalue weighted by Gasteiger charge is -2.14. The van der Waals surface area contributed by atoms with Crippen LogP contribution in [-0.2, 0) is 10.7 Å². The summed E-state index contributed by atoms with van der Waals surface area (Å²) in [6.45, 7) is 0. The van der Waals surface area contributed by atoms with Crippen LogP contribution in [0.1, 0.15) is 11.1 Å². The minimum Gasteiger partial charge on any atom is -0.409 e. The van der Waals surface area contributed by atoms with Crippen LogP contribution in [0.3, 0.4) is 0 Å². The van der Waals surface area contributed by atoms with Gasteiger partial charge in [-0.15, -0.1) is 0 Å². The number of halogens is 2. The Hall–Kier alpha value is -2.18. The molecule has 17 heavy (non-hydrogen) atoms. The molecule has 1 aromatic rings. The van der Waals surface area contributed by atoms with E-state index >= 15 is 0 Å². The number of carbonyl (C=O) groups is 1. The van der Waals surface area contributed by atoms with Gasteiger partial charge in [-0.25, -0.2) is 0 Å². The number of alkyl halides is 2. The molecule has 1 aromatic carbocycles. The molecule has 5 nitrogen and oxygen atoms in total. The lowest BCUT2D eigenvalue weighted by molar-refractivity contribution is -0.146. The van der Waals surface area contributed by atoms with E-state index in [0.29, 0.717) is 0 Å². The minimum atomic E-state index is -3.61. The fourth-order valence-electron chi connectivity index (χ4n) is 1.20. The fraction of sp³-hybridized carbons (Fsp3) is 0.200. The molecule has 0 fully saturated rings. The van der Waals surface area contributed by atoms with Crippen LogP contribution >= 0.6 is 0 Å². The van der Waals surface area contributed by atoms with Crippen molar-refractivity contribution in [2.75, 3.05) is 7.05 Å². The molecule has 0 radical (unpaired) electrons. The highest BCUT2D eigenvalue weighted by Gasteiger charge is 2.39. The molecule has 0 aliphatic carbocycles. The molecule has 0 bridgehead atoms. The van der Waals surface area contributed by atoms with Crippen molar-refractivity contribution >= 4 is 11.7 Å². The number of rotatable bonds is 3. The normalized spacial score (nSPS) is 12.3. The Morgan fingerprint density at radius 3 is 2.35 bits per heavy atom. The number of oxime groups is 1. The van der Waals surface area contributed by atoms with Crippen molar-refractivity contribution < 1.29 is 18.8 Å². The Morgan fingerprint density at radius 1 is 1.41 bits per heavy atom. The molecule has 1 amide bonds. The number of hydrogen-bond donors (Lipinski definition) is 3. The third-order valence-corrected chi connectivity index (χ3v) is 2.16. The quantitative estimate of drug-likeness (QED) is 0.315. The second-order valence-corrected chi connectivity index (χ2v) is 3.22. The minimum absolute atomic E-state index is 0.195. The maximum atomic E-state index is 13.4. The summed E-state index contributed by atoms with van der Waals surface area (Å²) in [7, 11) is 1.13. The molecule has 92 valence electrons. The van der Waals surface area contributed by atoms with Crippen LogP contribution in [0.25, 0.3) is 0 Å². The van der Waals surface area contributed by atoms with E-state index in [2.05, 4.69) is 5.16 Å². The van der Waals surface area contributed by atoms with E-state index in [1.807, 2.05) is 5.32 Å². The zero-order chi connectivity index (χ0) is 13.1. The Balaban J connectivity index is 3.07. The van der Waals surface area contributed by atoms with Gasteiger partial charge in [-0.3, -0.25) is 4.79 Å². The predicted octanol–water partition coefficient (Wildman–Crippen LogP) is 0.619. The van der Waals surface area contributed by atoms with Crippen molar-refractivity contribution in [1.29, 1.82) is 0 Å². The second kappa shape index (κ2) is 4.77. The first kappa shape index (κ1) is 12.9. The van der Waals surface area contributed by atoms with Crippen LogP contribution in [-0.4, -0.2) is 24.0 Å². The van der Waals surface area contributed by atoms with Gasteiger partial charge in [0.1, 0.15) is 0 Å². The standard InChI is InChI=1S/C10H11F2N3O2/c1-14-9(16)10(11,12)7-4-2-6(3-5-7)8(13)15-17/h2-5,17H,1H3,(H2,13,15)(H,14,16). The van der Waals surface area contributed by atoms with E-state index < -0.39 is 17.4 Å². The lowest BCUT2D eigenvalue weighted by Crippen LogP contribution is -2.35. The smallest absolute Gasteiger partial charge is 0.349 e. The number of nitrogens with zero attached hydrogens (tertiary/aromatic N) is 1. The van der Waals surface area contributed by atoms with Crippen molar-refractivity contribution in [2.24, 2.45) is 10.9 Å². The fourth-order valence-corrected chi connectivity index (χ4v) is 1.20. The molecule has 7 heteroatoms. The number of amides is 1. The first-order valence-electron chi connectivity index (χ1n) is 4.62. The second-order valence-electron chi connectivity index (χ2n) is 3.22. The highest BCUT2D eigenvalue weighted by atomic mass is 19.3. The summed E-state index contributed by atoms with van der Waals surface area (Å²) in [4.78, 5) is 11.0. The number of amidine groups is 1. The molecule has 0 aromatic heterocycles. The zero-order valence-electron chi connectivity index (χ0n) is 8.95. The van der Waals surface area contributed by atoms with Crippen LogP contribution < -0.4 is 11.1 Å². The summed E-state index contributed by atoms with van der Waals surface area (Å²) in [5.41, 5.74) is 5.09. The lowest BCUT2D eigenvalue weighted by atomic mass is 10.1. The van der Waals surface area contributed by atoms with Crippen LogP contribution in [0.15, 0.2) is 29.4 Å². The first-order valence-corrected chi connectivity index (χ1v) is 4.62. The molecule has 0 unspecified atom stereocenters. The summed E-state index contributed by atoms with van der Waals surface area (Å²) in [5.74, 6) is -5.20. The number of hydrogen-bond acceptors (Lipinski definition) is 3. The molecule has 0 atom stereocenters. The molecule has 0 aliphatic rings. The van der Waals surface area contributed by atoms with Crippen LogP contribution in [0.5, 0.6) is 0 Å². The Morgan fingerprint density at radius 2 is 1.94 bits per heavy atom. The van der Waals surface area contributed by atoms with E-state index in [0.717, 1.165) is 19.2 Å². The molecule has 0 spiro atoms. The van der Waals surface area contributed by atoms with Crippen LogP contribution in [0.4, 0.5) is 8.78 Å². The van der Waals surface area contributed by atoms with E-state index in [-0.39, 0.29) is 11.4 Å². The average Bonchev–Trinajstić information content (AvgIpc) is 2.36. The number of carbonyl (C=O) groups excluding carboxylic acids is 1. The number of likely N-dealkylation sites (N-methyl/N-ethyl adjacent to an activating group) is 1. The third kappa shape index (κ3) is 2.49. The van der Waals surface area contributed by atoms with Gasteiger partial charge in [-0.05, 0) is 0 Å². The van der Waals surface area contributed by atoms with Gasteiger partial charge in [0.2, 0.25) is 0 Å². The molecular weight excluding hydrogens is 232 g/mol. The number of nitrogens with two attached hydrogens (primary N) is 1. The molecule has 0 heterocycles. The predicted molar refractivity (Wildman–Crippen MR) is 56.9 cm³/mol. The maximum absolute atomic E-state index is 13.4. The van der Waals surface area contributed by atoms with Gasteiger partial charge in [0.25, 0.3) is 5.91 Å². The van der Waals surface area contributed by atoms with E-state index in [9.17, 15) is 13.6 Å². The Kier molecular flexibility index (Phi) is 3.62. The zero-order valence-corrected chi connectivity index (χ0v) is 8.95. The molecular formula is C10H11F2N3O2. The topological polar surface area (TPSA) is 87.7 Å². The van der Waals surface area contributed by atoms with E-state index in [1.165, 1.54) is 12.1 Å². The molecule has 0 saturated heterocycles. The van der Waals surface area contributed by atoms with Crippen molar-refractivity contribution in [2.45, 2.75) is 5.92 Å². The van der Waals surface area contributed by atoms with Gasteiger partial charge in [-0.1, -0.05) is 29.4 Å². The van der Waals surface area contributed by atoms with Gasteiger partial charge in [0.05, 0.1) is 0 Å². The molecule has 4 N–H and O–H groups in total. The molecule has 1 rings (SSSR count). The summed E-state index contributed by atoms with van der Waals surface area (Å²) in [6.07, 6.45) is 0. The monoisotopic (exact) mass is 243 g/mol. The van der Waals surface area contributed by atoms with Gasteiger partial charge in [0, 0.05) is 18.2 Å².